The Balaban J connectivity index is 1.55. The fraction of sp³-hybridized carbons (Fsp3) is 0.278. The van der Waals surface area contributed by atoms with E-state index in [9.17, 15) is 14.4 Å². The monoisotopic (exact) mass is 375 g/mol. The maximum atomic E-state index is 11.4. The molecule has 2 aromatic rings. The Morgan fingerprint density at radius 1 is 1.15 bits per heavy atom. The fourth-order valence-electron chi connectivity index (χ4n) is 2.39. The zero-order valence-electron chi connectivity index (χ0n) is 14.6. The van der Waals surface area contributed by atoms with E-state index < -0.39 is 17.4 Å². The van der Waals surface area contributed by atoms with Crippen LogP contribution in [0.2, 0.25) is 0 Å². The topological polar surface area (TPSA) is 105 Å². The largest absolute Gasteiger partial charge is 0.493 e. The fourth-order valence-corrected chi connectivity index (χ4v) is 2.39. The van der Waals surface area contributed by atoms with Crippen molar-refractivity contribution in [3.63, 3.8) is 0 Å². The van der Waals surface area contributed by atoms with Gasteiger partial charge in [0.2, 0.25) is 0 Å². The van der Waals surface area contributed by atoms with Gasteiger partial charge in [0.15, 0.2) is 11.5 Å². The highest BCUT2D eigenvalue weighted by Crippen LogP contribution is 2.32. The first-order chi connectivity index (χ1) is 13.0. The van der Waals surface area contributed by atoms with Crippen molar-refractivity contribution in [1.82, 2.24) is 5.06 Å². The maximum absolute atomic E-state index is 11.4. The molecule has 0 bridgehead atoms. The van der Waals surface area contributed by atoms with Crippen LogP contribution in [0.15, 0.2) is 45.8 Å². The molecule has 0 N–H and O–H groups in total. The van der Waals surface area contributed by atoms with Crippen molar-refractivity contribution >= 4 is 22.8 Å². The number of hydrogen-bond donors (Lipinski definition) is 0. The number of rotatable bonds is 8. The van der Waals surface area contributed by atoms with Crippen molar-refractivity contribution < 1.29 is 33.4 Å². The third-order valence-electron chi connectivity index (χ3n) is 3.78. The third-order valence-corrected chi connectivity index (χ3v) is 3.78. The number of imide groups is 1. The lowest BCUT2D eigenvalue weighted by atomic mass is 10.2. The van der Waals surface area contributed by atoms with E-state index in [0.29, 0.717) is 27.5 Å². The summed E-state index contributed by atoms with van der Waals surface area (Å²) in [7, 11) is 1.47. The molecule has 0 unspecified atom stereocenters. The van der Waals surface area contributed by atoms with Gasteiger partial charge >= 0.3 is 5.63 Å². The molecule has 1 aliphatic heterocycles. The molecule has 0 spiro atoms. The molecule has 0 atom stereocenters. The molecule has 142 valence electrons. The molecule has 0 aliphatic carbocycles. The summed E-state index contributed by atoms with van der Waals surface area (Å²) in [5, 5.41) is 1.25. The van der Waals surface area contributed by atoms with Crippen LogP contribution in [0.4, 0.5) is 0 Å². The zero-order valence-corrected chi connectivity index (χ0v) is 14.6. The summed E-state index contributed by atoms with van der Waals surface area (Å²) >= 11 is 0. The molecule has 9 heteroatoms. The van der Waals surface area contributed by atoms with Crippen LogP contribution >= 0.6 is 0 Å². The van der Waals surface area contributed by atoms with Crippen molar-refractivity contribution in [3.05, 3.63) is 47.0 Å². The van der Waals surface area contributed by atoms with Gasteiger partial charge in [-0.1, -0.05) is 6.58 Å². The van der Waals surface area contributed by atoms with Gasteiger partial charge in [-0.25, -0.2) is 4.79 Å². The number of hydroxylamine groups is 2. The first-order valence-corrected chi connectivity index (χ1v) is 8.11. The van der Waals surface area contributed by atoms with Crippen LogP contribution in [0, 0.1) is 0 Å². The molecular formula is C18H17NO8. The predicted octanol–water partition coefficient (Wildman–Crippen LogP) is 2.10. The van der Waals surface area contributed by atoms with E-state index >= 15 is 0 Å². The van der Waals surface area contributed by atoms with E-state index in [0.717, 1.165) is 0 Å². The summed E-state index contributed by atoms with van der Waals surface area (Å²) < 4.78 is 16.0. The molecule has 1 aromatic carbocycles. The second kappa shape index (κ2) is 7.92. The summed E-state index contributed by atoms with van der Waals surface area (Å²) in [4.78, 5) is 43.7. The Labute approximate surface area is 153 Å². The van der Waals surface area contributed by atoms with E-state index in [2.05, 4.69) is 6.58 Å². The molecule has 9 nitrogen and oxygen atoms in total. The smallest absolute Gasteiger partial charge is 0.336 e. The number of hydrogen-bond acceptors (Lipinski definition) is 8. The average Bonchev–Trinajstić information content (AvgIpc) is 2.97. The Morgan fingerprint density at radius 3 is 2.59 bits per heavy atom. The van der Waals surface area contributed by atoms with Crippen molar-refractivity contribution in [3.8, 4) is 11.5 Å². The Hall–Kier alpha value is -3.33. The first kappa shape index (κ1) is 18.5. The van der Waals surface area contributed by atoms with Crippen LogP contribution in [0.5, 0.6) is 11.5 Å². The first-order valence-electron chi connectivity index (χ1n) is 8.11. The lowest BCUT2D eigenvalue weighted by Gasteiger charge is -2.14. The number of carbonyl (C=O) groups is 2. The second-order valence-corrected chi connectivity index (χ2v) is 5.67. The molecule has 1 aliphatic rings. The van der Waals surface area contributed by atoms with Crippen molar-refractivity contribution in [2.75, 3.05) is 13.7 Å². The highest BCUT2D eigenvalue weighted by Gasteiger charge is 2.31. The van der Waals surface area contributed by atoms with E-state index in [1.165, 1.54) is 13.2 Å². The third kappa shape index (κ3) is 4.26. The normalized spacial score (nSPS) is 13.9. The standard InChI is InChI=1S/C18H17NO8/c1-11(26-27-19-16(20)4-5-17(19)21)7-8-24-15-9-12-3-6-18(22)25-13(12)10-14(15)23-2/h3,6,9-10H,1,4-5,7-8H2,2H3. The SMILES string of the molecule is C=C(CCOc1cc2ccc(=O)oc2cc1OC)OON1C(=O)CCC1=O. The lowest BCUT2D eigenvalue weighted by molar-refractivity contribution is -0.372. The lowest BCUT2D eigenvalue weighted by Crippen LogP contribution is -2.29. The highest BCUT2D eigenvalue weighted by atomic mass is 17.3. The number of ether oxygens (including phenoxy) is 2. The van der Waals surface area contributed by atoms with Crippen LogP contribution in [-0.2, 0) is 19.5 Å². The van der Waals surface area contributed by atoms with Crippen molar-refractivity contribution in [1.29, 1.82) is 0 Å². The molecule has 1 aromatic heterocycles. The minimum Gasteiger partial charge on any atom is -0.493 e. The van der Waals surface area contributed by atoms with Gasteiger partial charge in [0.1, 0.15) is 11.3 Å². The second-order valence-electron chi connectivity index (χ2n) is 5.67. The molecule has 2 amide bonds. The minimum absolute atomic E-state index is 0.0969. The summed E-state index contributed by atoms with van der Waals surface area (Å²) in [6, 6.07) is 6.17. The summed E-state index contributed by atoms with van der Waals surface area (Å²) in [6.07, 6.45) is 0.431. The van der Waals surface area contributed by atoms with E-state index in [-0.39, 0.29) is 31.6 Å². The van der Waals surface area contributed by atoms with E-state index in [4.69, 9.17) is 23.8 Å². The summed E-state index contributed by atoms with van der Waals surface area (Å²) in [5.41, 5.74) is -0.0746. The molecule has 1 fully saturated rings. The number of benzene rings is 1. The predicted molar refractivity (Wildman–Crippen MR) is 91.5 cm³/mol. The molecule has 0 radical (unpaired) electrons. The molecule has 3 rings (SSSR count). The van der Waals surface area contributed by atoms with Gasteiger partial charge in [-0.15, -0.1) is 5.06 Å². The highest BCUT2D eigenvalue weighted by molar-refractivity contribution is 6.00. The van der Waals surface area contributed by atoms with Gasteiger partial charge in [0.05, 0.1) is 13.7 Å². The average molecular weight is 375 g/mol. The summed E-state index contributed by atoms with van der Waals surface area (Å²) in [5.74, 6) is 0.0896. The Bertz CT molecular complexity index is 932. The number of nitrogens with zero attached hydrogens (tertiary/aromatic N) is 1. The molecule has 1 saturated heterocycles. The molecule has 2 heterocycles. The Kier molecular flexibility index (Phi) is 5.41. The minimum atomic E-state index is -0.461. The quantitative estimate of drug-likeness (QED) is 0.227. The van der Waals surface area contributed by atoms with Gasteiger partial charge in [-0.05, 0) is 17.1 Å². The summed E-state index contributed by atoms with van der Waals surface area (Å²) in [6.45, 7) is 3.81. The molecule has 0 saturated carbocycles. The van der Waals surface area contributed by atoms with E-state index in [1.54, 1.807) is 18.2 Å². The number of amides is 2. The molecular weight excluding hydrogens is 358 g/mol. The van der Waals surface area contributed by atoms with Crippen LogP contribution in [0.1, 0.15) is 19.3 Å². The van der Waals surface area contributed by atoms with Gasteiger partial charge in [0.25, 0.3) is 11.8 Å². The molecule has 27 heavy (non-hydrogen) atoms. The van der Waals surface area contributed by atoms with Gasteiger partial charge < -0.3 is 18.8 Å². The van der Waals surface area contributed by atoms with Gasteiger partial charge in [-0.2, -0.15) is 0 Å². The van der Waals surface area contributed by atoms with Crippen LogP contribution in [0.25, 0.3) is 11.0 Å². The van der Waals surface area contributed by atoms with Crippen molar-refractivity contribution in [2.45, 2.75) is 19.3 Å². The van der Waals surface area contributed by atoms with Gasteiger partial charge in [-0.3, -0.25) is 9.59 Å². The number of methoxy groups -OCH3 is 1. The maximum Gasteiger partial charge on any atom is 0.336 e. The van der Waals surface area contributed by atoms with Crippen LogP contribution < -0.4 is 15.1 Å². The zero-order chi connectivity index (χ0) is 19.4. The van der Waals surface area contributed by atoms with Crippen LogP contribution in [-0.4, -0.2) is 30.6 Å². The van der Waals surface area contributed by atoms with Gasteiger partial charge in [0, 0.05) is 36.8 Å². The van der Waals surface area contributed by atoms with Crippen LogP contribution in [0.3, 0.4) is 0 Å². The van der Waals surface area contributed by atoms with E-state index in [1.807, 2.05) is 0 Å². The number of carbonyl (C=O) groups excluding carboxylic acids is 2. The van der Waals surface area contributed by atoms with Crippen molar-refractivity contribution in [2.24, 2.45) is 0 Å². The number of fused-ring (bicyclic) bond motifs is 1. The Morgan fingerprint density at radius 2 is 1.89 bits per heavy atom.